The number of esters is 1. The van der Waals surface area contributed by atoms with E-state index in [1.807, 2.05) is 0 Å². The summed E-state index contributed by atoms with van der Waals surface area (Å²) in [7, 11) is 1.35. The number of carbonyl (C=O) groups is 1. The van der Waals surface area contributed by atoms with Crippen molar-refractivity contribution in [1.82, 2.24) is 4.98 Å². The lowest BCUT2D eigenvalue weighted by molar-refractivity contribution is -0.141. The molecule has 1 aromatic rings. The third kappa shape index (κ3) is 2.28. The van der Waals surface area contributed by atoms with Crippen molar-refractivity contribution in [1.29, 1.82) is 0 Å². The van der Waals surface area contributed by atoms with Crippen LogP contribution in [0.3, 0.4) is 0 Å². The molecule has 0 aliphatic rings. The molecule has 0 saturated carbocycles. The van der Waals surface area contributed by atoms with E-state index in [2.05, 4.69) is 9.72 Å². The van der Waals surface area contributed by atoms with Crippen LogP contribution in [0.15, 0.2) is 11.7 Å². The van der Waals surface area contributed by atoms with E-state index in [-0.39, 0.29) is 18.4 Å². The minimum absolute atomic E-state index is 0.207. The summed E-state index contributed by atoms with van der Waals surface area (Å²) in [6, 6.07) is -0.287. The molecule has 0 aliphatic heterocycles. The highest BCUT2D eigenvalue weighted by Crippen LogP contribution is 2.17. The molecular formula is C7H10N2O2S. The molecule has 0 aliphatic carbocycles. The first-order valence-electron chi connectivity index (χ1n) is 3.45. The second-order valence-electron chi connectivity index (χ2n) is 2.29. The van der Waals surface area contributed by atoms with Crippen LogP contribution in [-0.4, -0.2) is 18.1 Å². The molecule has 0 saturated heterocycles. The van der Waals surface area contributed by atoms with Gasteiger partial charge in [0.25, 0.3) is 0 Å². The zero-order valence-corrected chi connectivity index (χ0v) is 7.50. The fourth-order valence-electron chi connectivity index (χ4n) is 0.772. The Labute approximate surface area is 74.4 Å². The summed E-state index contributed by atoms with van der Waals surface area (Å²) in [6.07, 6.45) is 1.87. The number of carbonyl (C=O) groups excluding carboxylic acids is 1. The summed E-state index contributed by atoms with van der Waals surface area (Å²) in [5, 5.41) is 0. The Morgan fingerprint density at radius 3 is 3.17 bits per heavy atom. The topological polar surface area (TPSA) is 65.2 Å². The van der Waals surface area contributed by atoms with Crippen molar-refractivity contribution in [3.8, 4) is 0 Å². The molecule has 1 atom stereocenters. The maximum Gasteiger partial charge on any atom is 0.307 e. The number of ether oxygens (including phenoxy) is 1. The van der Waals surface area contributed by atoms with E-state index in [4.69, 9.17) is 5.73 Å². The summed E-state index contributed by atoms with van der Waals surface area (Å²) in [4.78, 5) is 15.6. The Morgan fingerprint density at radius 1 is 1.92 bits per heavy atom. The predicted molar refractivity (Wildman–Crippen MR) is 45.7 cm³/mol. The molecule has 0 fully saturated rings. The highest BCUT2D eigenvalue weighted by molar-refractivity contribution is 7.09. The first-order valence-corrected chi connectivity index (χ1v) is 4.32. The molecule has 1 heterocycles. The number of methoxy groups -OCH3 is 1. The van der Waals surface area contributed by atoms with Gasteiger partial charge in [0, 0.05) is 11.1 Å². The minimum Gasteiger partial charge on any atom is -0.469 e. The lowest BCUT2D eigenvalue weighted by atomic mass is 10.2. The van der Waals surface area contributed by atoms with Crippen molar-refractivity contribution in [2.24, 2.45) is 5.73 Å². The molecule has 0 amide bonds. The Hall–Kier alpha value is -0.940. The maximum atomic E-state index is 10.8. The highest BCUT2D eigenvalue weighted by atomic mass is 32.1. The standard InChI is InChI=1S/C7H10N2O2S/c1-11-7(10)2-5(8)6-3-9-4-12-6/h3-5H,2,8H2,1H3/t5-/m1/s1. The van der Waals surface area contributed by atoms with Crippen molar-refractivity contribution < 1.29 is 9.53 Å². The van der Waals surface area contributed by atoms with E-state index in [1.165, 1.54) is 18.4 Å². The van der Waals surface area contributed by atoms with E-state index >= 15 is 0 Å². The van der Waals surface area contributed by atoms with Gasteiger partial charge >= 0.3 is 5.97 Å². The Bertz CT molecular complexity index is 248. The molecule has 66 valence electrons. The summed E-state index contributed by atoms with van der Waals surface area (Å²) in [6.45, 7) is 0. The number of nitrogens with two attached hydrogens (primary N) is 1. The molecule has 4 nitrogen and oxygen atoms in total. The average Bonchev–Trinajstić information content (AvgIpc) is 2.56. The van der Waals surface area contributed by atoms with Gasteiger partial charge in [-0.15, -0.1) is 11.3 Å². The van der Waals surface area contributed by atoms with Crippen LogP contribution in [0, 0.1) is 0 Å². The lowest BCUT2D eigenvalue weighted by Gasteiger charge is -2.05. The van der Waals surface area contributed by atoms with E-state index in [9.17, 15) is 4.79 Å². The molecular weight excluding hydrogens is 176 g/mol. The zero-order valence-electron chi connectivity index (χ0n) is 6.69. The molecule has 0 bridgehead atoms. The third-order valence-electron chi connectivity index (χ3n) is 1.43. The van der Waals surface area contributed by atoms with Crippen molar-refractivity contribution in [3.05, 3.63) is 16.6 Å². The molecule has 0 aromatic carbocycles. The molecule has 1 rings (SSSR count). The SMILES string of the molecule is COC(=O)C[C@@H](N)c1cncs1. The molecule has 0 spiro atoms. The van der Waals surface area contributed by atoms with Crippen molar-refractivity contribution in [2.45, 2.75) is 12.5 Å². The van der Waals surface area contributed by atoms with Gasteiger partial charge in [-0.05, 0) is 0 Å². The van der Waals surface area contributed by atoms with Crippen molar-refractivity contribution in [3.63, 3.8) is 0 Å². The third-order valence-corrected chi connectivity index (χ3v) is 2.34. The number of thiazole rings is 1. The van der Waals surface area contributed by atoms with Gasteiger partial charge in [-0.3, -0.25) is 9.78 Å². The minimum atomic E-state index is -0.295. The molecule has 0 radical (unpaired) electrons. The first kappa shape index (κ1) is 9.15. The van der Waals surface area contributed by atoms with Gasteiger partial charge < -0.3 is 10.5 Å². The van der Waals surface area contributed by atoms with Crippen LogP contribution < -0.4 is 5.73 Å². The van der Waals surface area contributed by atoms with E-state index in [1.54, 1.807) is 11.7 Å². The van der Waals surface area contributed by atoms with Gasteiger partial charge in [0.2, 0.25) is 0 Å². The van der Waals surface area contributed by atoms with Crippen molar-refractivity contribution >= 4 is 17.3 Å². The molecule has 12 heavy (non-hydrogen) atoms. The Balaban J connectivity index is 2.49. The normalized spacial score (nSPS) is 12.5. The molecule has 1 aromatic heterocycles. The van der Waals surface area contributed by atoms with E-state index in [0.717, 1.165) is 4.88 Å². The van der Waals surface area contributed by atoms with Crippen LogP contribution in [0.2, 0.25) is 0 Å². The second-order valence-corrected chi connectivity index (χ2v) is 3.21. The van der Waals surface area contributed by atoms with Crippen LogP contribution >= 0.6 is 11.3 Å². The number of rotatable bonds is 3. The first-order chi connectivity index (χ1) is 5.74. The number of hydrogen-bond donors (Lipinski definition) is 1. The van der Waals surface area contributed by atoms with Gasteiger partial charge in [-0.1, -0.05) is 0 Å². The van der Waals surface area contributed by atoms with E-state index in [0.29, 0.717) is 0 Å². The van der Waals surface area contributed by atoms with Crippen LogP contribution in [0.1, 0.15) is 17.3 Å². The summed E-state index contributed by atoms with van der Waals surface area (Å²) in [5.74, 6) is -0.295. The summed E-state index contributed by atoms with van der Waals surface area (Å²) in [5.41, 5.74) is 7.37. The number of nitrogens with zero attached hydrogens (tertiary/aromatic N) is 1. The highest BCUT2D eigenvalue weighted by Gasteiger charge is 2.12. The van der Waals surface area contributed by atoms with Gasteiger partial charge in [0.05, 0.1) is 25.1 Å². The largest absolute Gasteiger partial charge is 0.469 e. The molecule has 5 heteroatoms. The van der Waals surface area contributed by atoms with Crippen LogP contribution in [0.5, 0.6) is 0 Å². The molecule has 0 unspecified atom stereocenters. The van der Waals surface area contributed by atoms with E-state index < -0.39 is 0 Å². The lowest BCUT2D eigenvalue weighted by Crippen LogP contribution is -2.15. The summed E-state index contributed by atoms with van der Waals surface area (Å²) < 4.78 is 4.48. The van der Waals surface area contributed by atoms with Crippen LogP contribution in [0.4, 0.5) is 0 Å². The van der Waals surface area contributed by atoms with Crippen LogP contribution in [0.25, 0.3) is 0 Å². The Morgan fingerprint density at radius 2 is 2.67 bits per heavy atom. The fraction of sp³-hybridized carbons (Fsp3) is 0.429. The predicted octanol–water partition coefficient (Wildman–Crippen LogP) is 0.706. The molecule has 2 N–H and O–H groups in total. The quantitative estimate of drug-likeness (QED) is 0.706. The monoisotopic (exact) mass is 186 g/mol. The average molecular weight is 186 g/mol. The fourth-order valence-corrected chi connectivity index (χ4v) is 1.40. The summed E-state index contributed by atoms with van der Waals surface area (Å²) >= 11 is 1.44. The van der Waals surface area contributed by atoms with Crippen LogP contribution in [-0.2, 0) is 9.53 Å². The van der Waals surface area contributed by atoms with Gasteiger partial charge in [0.1, 0.15) is 0 Å². The maximum absolute atomic E-state index is 10.8. The second kappa shape index (κ2) is 4.18. The Kier molecular flexibility index (Phi) is 3.19. The van der Waals surface area contributed by atoms with Gasteiger partial charge in [-0.2, -0.15) is 0 Å². The number of aromatic nitrogens is 1. The zero-order chi connectivity index (χ0) is 8.97. The van der Waals surface area contributed by atoms with Gasteiger partial charge in [0.15, 0.2) is 0 Å². The smallest absolute Gasteiger partial charge is 0.307 e. The van der Waals surface area contributed by atoms with Crippen molar-refractivity contribution in [2.75, 3.05) is 7.11 Å². The number of hydrogen-bond acceptors (Lipinski definition) is 5. The van der Waals surface area contributed by atoms with Gasteiger partial charge in [-0.25, -0.2) is 0 Å².